The number of imidazole rings is 1. The fraction of sp³-hybridized carbons (Fsp3) is 0.438. The molecule has 4 aromatic rings. The fourth-order valence-corrected chi connectivity index (χ4v) is 5.81. The summed E-state index contributed by atoms with van der Waals surface area (Å²) >= 11 is 0. The molecule has 6 rings (SSSR count). The van der Waals surface area contributed by atoms with Crippen molar-refractivity contribution in [3.8, 4) is 0 Å². The van der Waals surface area contributed by atoms with Crippen LogP contribution in [-0.2, 0) is 0 Å². The Morgan fingerprint density at radius 1 is 1.00 bits per heavy atom. The van der Waals surface area contributed by atoms with Gasteiger partial charge in [0.05, 0.1) is 23.1 Å². The molecule has 1 aromatic carbocycles. The van der Waals surface area contributed by atoms with Gasteiger partial charge in [0.1, 0.15) is 17.2 Å². The van der Waals surface area contributed by atoms with Gasteiger partial charge in [-0.1, -0.05) is 20.4 Å². The van der Waals surface area contributed by atoms with Crippen LogP contribution in [0.1, 0.15) is 55.4 Å². The number of piperidine rings is 1. The van der Waals surface area contributed by atoms with Crippen molar-refractivity contribution < 1.29 is 4.39 Å². The minimum atomic E-state index is -0.336. The van der Waals surface area contributed by atoms with Crippen molar-refractivity contribution in [2.75, 3.05) is 56.5 Å². The van der Waals surface area contributed by atoms with Gasteiger partial charge in [0.25, 0.3) is 0 Å². The third kappa shape index (κ3) is 6.15. The Labute approximate surface area is 247 Å². The van der Waals surface area contributed by atoms with Crippen LogP contribution in [0, 0.1) is 19.7 Å². The second-order valence-corrected chi connectivity index (χ2v) is 10.8. The van der Waals surface area contributed by atoms with E-state index in [1.54, 1.807) is 12.4 Å². The molecule has 2 saturated heterocycles. The van der Waals surface area contributed by atoms with E-state index in [0.29, 0.717) is 28.6 Å². The van der Waals surface area contributed by atoms with E-state index >= 15 is 4.39 Å². The van der Waals surface area contributed by atoms with Crippen LogP contribution < -0.4 is 15.5 Å². The molecule has 2 fully saturated rings. The minimum Gasteiger partial charge on any atom is -0.354 e. The molecule has 222 valence electrons. The highest BCUT2D eigenvalue weighted by Crippen LogP contribution is 2.33. The number of anilines is 3. The third-order valence-corrected chi connectivity index (χ3v) is 8.08. The second-order valence-electron chi connectivity index (χ2n) is 10.8. The average Bonchev–Trinajstić information content (AvgIpc) is 3.35. The number of likely N-dealkylation sites (tertiary alicyclic amines) is 1. The van der Waals surface area contributed by atoms with Crippen LogP contribution in [0.2, 0.25) is 0 Å². The van der Waals surface area contributed by atoms with Gasteiger partial charge in [-0.3, -0.25) is 0 Å². The zero-order chi connectivity index (χ0) is 29.8. The van der Waals surface area contributed by atoms with Gasteiger partial charge in [-0.2, -0.15) is 0 Å². The second kappa shape index (κ2) is 13.0. The van der Waals surface area contributed by atoms with Gasteiger partial charge in [-0.15, -0.1) is 0 Å². The molecule has 0 atom stereocenters. The summed E-state index contributed by atoms with van der Waals surface area (Å²) in [5, 5.41) is 6.60. The molecular formula is C32H42FN9. The molecule has 5 heterocycles. The lowest BCUT2D eigenvalue weighted by atomic mass is 9.98. The molecule has 10 heteroatoms. The van der Waals surface area contributed by atoms with Crippen molar-refractivity contribution in [3.05, 3.63) is 71.7 Å². The molecule has 0 spiro atoms. The lowest BCUT2D eigenvalue weighted by Crippen LogP contribution is -2.43. The zero-order valence-corrected chi connectivity index (χ0v) is 25.4. The number of aryl methyl sites for hydroxylation is 2. The molecule has 3 aromatic heterocycles. The van der Waals surface area contributed by atoms with Crippen molar-refractivity contribution >= 4 is 34.1 Å². The summed E-state index contributed by atoms with van der Waals surface area (Å²) in [5.74, 6) is 1.95. The molecule has 2 aliphatic rings. The summed E-state index contributed by atoms with van der Waals surface area (Å²) in [7, 11) is 2.14. The van der Waals surface area contributed by atoms with Crippen molar-refractivity contribution in [3.63, 3.8) is 0 Å². The van der Waals surface area contributed by atoms with Gasteiger partial charge in [0, 0.05) is 44.0 Å². The molecule has 0 radical (unpaired) electrons. The Balaban J connectivity index is 0.00000173. The number of hydrogen-bond donors (Lipinski definition) is 2. The van der Waals surface area contributed by atoms with E-state index in [1.165, 1.54) is 6.07 Å². The number of nitrogens with one attached hydrogen (secondary N) is 2. The molecule has 0 saturated carbocycles. The van der Waals surface area contributed by atoms with Crippen LogP contribution in [0.15, 0.2) is 43.2 Å². The van der Waals surface area contributed by atoms with Crippen LogP contribution >= 0.6 is 0 Å². The van der Waals surface area contributed by atoms with E-state index in [0.717, 1.165) is 86.2 Å². The van der Waals surface area contributed by atoms with Gasteiger partial charge in [0.2, 0.25) is 5.95 Å². The first-order valence-electron chi connectivity index (χ1n) is 15.0. The average molecular weight is 572 g/mol. The molecule has 0 amide bonds. The normalized spacial score (nSPS) is 16.3. The summed E-state index contributed by atoms with van der Waals surface area (Å²) in [4.78, 5) is 23.0. The summed E-state index contributed by atoms with van der Waals surface area (Å²) in [6, 6.07) is 7.84. The zero-order valence-electron chi connectivity index (χ0n) is 25.4. The highest BCUT2D eigenvalue weighted by Gasteiger charge is 2.24. The van der Waals surface area contributed by atoms with Crippen LogP contribution in [-0.4, -0.2) is 75.7 Å². The third-order valence-electron chi connectivity index (χ3n) is 8.08. The van der Waals surface area contributed by atoms with E-state index < -0.39 is 0 Å². The van der Waals surface area contributed by atoms with E-state index in [2.05, 4.69) is 58.6 Å². The van der Waals surface area contributed by atoms with Crippen LogP contribution in [0.4, 0.5) is 21.8 Å². The lowest BCUT2D eigenvalue weighted by Gasteiger charge is -2.31. The minimum absolute atomic E-state index is 0.306. The number of benzene rings is 1. The van der Waals surface area contributed by atoms with Crippen molar-refractivity contribution in [2.24, 2.45) is 0 Å². The van der Waals surface area contributed by atoms with Gasteiger partial charge in [0.15, 0.2) is 5.82 Å². The largest absolute Gasteiger partial charge is 0.354 e. The highest BCUT2D eigenvalue weighted by atomic mass is 19.1. The fourth-order valence-electron chi connectivity index (χ4n) is 5.81. The van der Waals surface area contributed by atoms with E-state index in [4.69, 9.17) is 0 Å². The first-order chi connectivity index (χ1) is 20.4. The number of halogens is 1. The SMILES string of the molecule is C=C(c1cc(F)c2nc(C)n(C3CCN(C)CC3)c2c1)c1cnc(Nc2ccc(N3CCNCC3)nc2)nc1C.CC. The molecule has 42 heavy (non-hydrogen) atoms. The number of aromatic nitrogens is 5. The van der Waals surface area contributed by atoms with Crippen molar-refractivity contribution in [1.29, 1.82) is 0 Å². The Morgan fingerprint density at radius 2 is 1.74 bits per heavy atom. The van der Waals surface area contributed by atoms with E-state index in [-0.39, 0.29) is 5.82 Å². The maximum Gasteiger partial charge on any atom is 0.227 e. The number of piperazine rings is 1. The summed E-state index contributed by atoms with van der Waals surface area (Å²) in [6.07, 6.45) is 5.59. The van der Waals surface area contributed by atoms with Gasteiger partial charge < -0.3 is 25.0 Å². The van der Waals surface area contributed by atoms with Crippen LogP contribution in [0.3, 0.4) is 0 Å². The molecule has 9 nitrogen and oxygen atoms in total. The predicted molar refractivity (Wildman–Crippen MR) is 169 cm³/mol. The summed E-state index contributed by atoms with van der Waals surface area (Å²) in [6.45, 7) is 18.1. The Kier molecular flexibility index (Phi) is 9.13. The first-order valence-corrected chi connectivity index (χ1v) is 15.0. The summed E-state index contributed by atoms with van der Waals surface area (Å²) < 4.78 is 17.5. The van der Waals surface area contributed by atoms with Crippen molar-refractivity contribution in [1.82, 2.24) is 34.7 Å². The number of rotatable bonds is 6. The lowest BCUT2D eigenvalue weighted by molar-refractivity contribution is 0.222. The smallest absolute Gasteiger partial charge is 0.227 e. The first kappa shape index (κ1) is 29.6. The summed E-state index contributed by atoms with van der Waals surface area (Å²) in [5.41, 5.74) is 4.97. The number of pyridine rings is 1. The number of nitrogens with zero attached hydrogens (tertiary/aromatic N) is 7. The van der Waals surface area contributed by atoms with Crippen molar-refractivity contribution in [2.45, 2.75) is 46.6 Å². The maximum absolute atomic E-state index is 15.3. The molecular weight excluding hydrogens is 529 g/mol. The van der Waals surface area contributed by atoms with Gasteiger partial charge in [-0.05, 0) is 82.2 Å². The van der Waals surface area contributed by atoms with Gasteiger partial charge in [-0.25, -0.2) is 24.3 Å². The van der Waals surface area contributed by atoms with Crippen LogP contribution in [0.5, 0.6) is 0 Å². The monoisotopic (exact) mass is 571 g/mol. The van der Waals surface area contributed by atoms with Crippen LogP contribution in [0.25, 0.3) is 16.6 Å². The van der Waals surface area contributed by atoms with E-state index in [9.17, 15) is 0 Å². The maximum atomic E-state index is 15.3. The quantitative estimate of drug-likeness (QED) is 0.315. The molecule has 2 N–H and O–H groups in total. The van der Waals surface area contributed by atoms with Gasteiger partial charge >= 0.3 is 0 Å². The Morgan fingerprint density at radius 3 is 2.40 bits per heavy atom. The molecule has 2 aliphatic heterocycles. The topological polar surface area (TPSA) is 87.0 Å². The standard InChI is InChI=1S/C30H36FN9.C2H6/c1-19(22-15-26(31)29-27(16-22)40(21(3)36-29)24-7-11-38(4)12-8-24)25-18-34-30(35-20(25)2)37-23-5-6-28(33-17-23)39-13-9-32-10-14-39;1-2/h5-6,15-18,24,32H,1,7-14H2,2-4H3,(H,34,35,37);1-2H3. The molecule has 0 unspecified atom stereocenters. The number of fused-ring (bicyclic) bond motifs is 1. The predicted octanol–water partition coefficient (Wildman–Crippen LogP) is 5.48. The highest BCUT2D eigenvalue weighted by molar-refractivity contribution is 5.86. The van der Waals surface area contributed by atoms with E-state index in [1.807, 2.05) is 45.9 Å². The Hall–Kier alpha value is -3.89. The Bertz CT molecular complexity index is 1530. The number of hydrogen-bond acceptors (Lipinski definition) is 8. The molecule has 0 bridgehead atoms. The molecule has 0 aliphatic carbocycles.